The molecule has 2 N–H and O–H groups in total. The first-order valence-corrected chi connectivity index (χ1v) is 9.24. The molecular formula is C20H19F3N4O2. The maximum Gasteiger partial charge on any atom is 0.387 e. The fourth-order valence-electron chi connectivity index (χ4n) is 3.52. The fraction of sp³-hybridized carbons (Fsp3) is 0.300. The van der Waals surface area contributed by atoms with E-state index in [1.54, 1.807) is 4.90 Å². The number of para-hydroxylation sites is 2. The molecule has 0 saturated carbocycles. The van der Waals surface area contributed by atoms with E-state index in [9.17, 15) is 18.0 Å². The van der Waals surface area contributed by atoms with Crippen molar-refractivity contribution in [2.24, 2.45) is 0 Å². The lowest BCUT2D eigenvalue weighted by Gasteiger charge is -2.31. The highest BCUT2D eigenvalue weighted by Gasteiger charge is 2.27. The summed E-state index contributed by atoms with van der Waals surface area (Å²) in [5.74, 6) is -0.633. The standard InChI is InChI=1S/C20H19F3N4O2/c21-14-10-13(7-8-17(14)29-19(22)23)24-20(28)27-9-3-4-12(11-27)18-25-15-5-1-2-6-16(15)26-18/h1-2,5-8,10,12,19H,3-4,9,11H2,(H,24,28)(H,25,26). The zero-order valence-corrected chi connectivity index (χ0v) is 15.4. The van der Waals surface area contributed by atoms with E-state index in [1.807, 2.05) is 24.3 Å². The van der Waals surface area contributed by atoms with Crippen LogP contribution in [0.5, 0.6) is 5.75 Å². The number of carbonyl (C=O) groups is 1. The van der Waals surface area contributed by atoms with Gasteiger partial charge in [-0.3, -0.25) is 0 Å². The number of hydrogen-bond donors (Lipinski definition) is 2. The normalized spacial score (nSPS) is 17.0. The zero-order chi connectivity index (χ0) is 20.4. The van der Waals surface area contributed by atoms with Gasteiger partial charge in [0.15, 0.2) is 11.6 Å². The van der Waals surface area contributed by atoms with E-state index in [1.165, 1.54) is 6.07 Å². The maximum absolute atomic E-state index is 13.9. The number of carbonyl (C=O) groups excluding carboxylic acids is 1. The molecule has 1 saturated heterocycles. The molecule has 2 heterocycles. The number of urea groups is 1. The highest BCUT2D eigenvalue weighted by Crippen LogP contribution is 2.28. The molecule has 1 unspecified atom stereocenters. The molecule has 1 aromatic heterocycles. The number of aromatic amines is 1. The van der Waals surface area contributed by atoms with Crippen molar-refractivity contribution < 1.29 is 22.7 Å². The van der Waals surface area contributed by atoms with Crippen LogP contribution in [0.2, 0.25) is 0 Å². The Bertz CT molecular complexity index is 991. The summed E-state index contributed by atoms with van der Waals surface area (Å²) in [6.07, 6.45) is 1.71. The van der Waals surface area contributed by atoms with Crippen molar-refractivity contribution in [3.8, 4) is 5.75 Å². The van der Waals surface area contributed by atoms with E-state index in [0.717, 1.165) is 41.8 Å². The number of amides is 2. The van der Waals surface area contributed by atoms with Crippen LogP contribution in [0.4, 0.5) is 23.7 Å². The van der Waals surface area contributed by atoms with E-state index in [0.29, 0.717) is 13.1 Å². The molecule has 2 aromatic carbocycles. The van der Waals surface area contributed by atoms with E-state index in [2.05, 4.69) is 20.0 Å². The number of anilines is 1. The summed E-state index contributed by atoms with van der Waals surface area (Å²) in [6.45, 7) is -2.08. The first-order valence-electron chi connectivity index (χ1n) is 9.24. The summed E-state index contributed by atoms with van der Waals surface area (Å²) in [4.78, 5) is 22.2. The number of nitrogens with one attached hydrogen (secondary N) is 2. The van der Waals surface area contributed by atoms with Crippen molar-refractivity contribution in [2.75, 3.05) is 18.4 Å². The third kappa shape index (κ3) is 4.28. The van der Waals surface area contributed by atoms with Crippen LogP contribution in [0.3, 0.4) is 0 Å². The van der Waals surface area contributed by atoms with Gasteiger partial charge in [0.2, 0.25) is 0 Å². The summed E-state index contributed by atoms with van der Waals surface area (Å²) in [5, 5.41) is 2.60. The molecule has 6 nitrogen and oxygen atoms in total. The van der Waals surface area contributed by atoms with E-state index < -0.39 is 18.2 Å². The second-order valence-electron chi connectivity index (χ2n) is 6.88. The van der Waals surface area contributed by atoms with Crippen LogP contribution in [0.25, 0.3) is 11.0 Å². The van der Waals surface area contributed by atoms with Crippen molar-refractivity contribution in [1.82, 2.24) is 14.9 Å². The maximum atomic E-state index is 13.9. The quantitative estimate of drug-likeness (QED) is 0.661. The fourth-order valence-corrected chi connectivity index (χ4v) is 3.52. The minimum Gasteiger partial charge on any atom is -0.432 e. The summed E-state index contributed by atoms with van der Waals surface area (Å²) >= 11 is 0. The molecule has 3 aromatic rings. The molecule has 2 amide bonds. The highest BCUT2D eigenvalue weighted by atomic mass is 19.3. The number of fused-ring (bicyclic) bond motifs is 1. The van der Waals surface area contributed by atoms with Gasteiger partial charge in [0.25, 0.3) is 0 Å². The molecule has 1 atom stereocenters. The third-order valence-corrected chi connectivity index (χ3v) is 4.90. The van der Waals surface area contributed by atoms with Crippen molar-refractivity contribution in [2.45, 2.75) is 25.4 Å². The predicted octanol–water partition coefficient (Wildman–Crippen LogP) is 4.71. The van der Waals surface area contributed by atoms with Crippen molar-refractivity contribution in [3.05, 3.63) is 54.1 Å². The average Bonchev–Trinajstić information content (AvgIpc) is 3.14. The predicted molar refractivity (Wildman–Crippen MR) is 102 cm³/mol. The molecule has 29 heavy (non-hydrogen) atoms. The Morgan fingerprint density at radius 3 is 2.86 bits per heavy atom. The molecule has 9 heteroatoms. The van der Waals surface area contributed by atoms with Gasteiger partial charge in [0, 0.05) is 30.8 Å². The number of aromatic nitrogens is 2. The Morgan fingerprint density at radius 1 is 1.28 bits per heavy atom. The number of imidazole rings is 1. The van der Waals surface area contributed by atoms with Crippen LogP contribution < -0.4 is 10.1 Å². The van der Waals surface area contributed by atoms with Gasteiger partial charge in [-0.05, 0) is 37.1 Å². The smallest absolute Gasteiger partial charge is 0.387 e. The highest BCUT2D eigenvalue weighted by molar-refractivity contribution is 5.89. The lowest BCUT2D eigenvalue weighted by Crippen LogP contribution is -2.41. The second kappa shape index (κ2) is 8.02. The molecule has 1 aliphatic heterocycles. The van der Waals surface area contributed by atoms with Crippen LogP contribution >= 0.6 is 0 Å². The number of hydrogen-bond acceptors (Lipinski definition) is 3. The van der Waals surface area contributed by atoms with Crippen LogP contribution in [0, 0.1) is 5.82 Å². The lowest BCUT2D eigenvalue weighted by atomic mass is 9.97. The number of ether oxygens (including phenoxy) is 1. The van der Waals surface area contributed by atoms with E-state index in [-0.39, 0.29) is 17.6 Å². The molecule has 0 radical (unpaired) electrons. The first-order chi connectivity index (χ1) is 14.0. The monoisotopic (exact) mass is 404 g/mol. The Labute approximate surface area is 164 Å². The summed E-state index contributed by atoms with van der Waals surface area (Å²) < 4.78 is 42.4. The van der Waals surface area contributed by atoms with Gasteiger partial charge in [0.1, 0.15) is 5.82 Å². The van der Waals surface area contributed by atoms with Gasteiger partial charge in [-0.1, -0.05) is 12.1 Å². The molecule has 0 bridgehead atoms. The average molecular weight is 404 g/mol. The van der Waals surface area contributed by atoms with E-state index >= 15 is 0 Å². The van der Waals surface area contributed by atoms with Gasteiger partial charge >= 0.3 is 12.6 Å². The van der Waals surface area contributed by atoms with Crippen molar-refractivity contribution in [3.63, 3.8) is 0 Å². The van der Waals surface area contributed by atoms with Gasteiger partial charge in [-0.25, -0.2) is 14.2 Å². The topological polar surface area (TPSA) is 70.2 Å². The Balaban J connectivity index is 1.43. The molecule has 1 fully saturated rings. The van der Waals surface area contributed by atoms with Crippen LogP contribution in [-0.2, 0) is 0 Å². The van der Waals surface area contributed by atoms with Gasteiger partial charge in [0.05, 0.1) is 11.0 Å². The summed E-state index contributed by atoms with van der Waals surface area (Å²) in [6, 6.07) is 10.7. The molecule has 0 spiro atoms. The largest absolute Gasteiger partial charge is 0.432 e. The SMILES string of the molecule is O=C(Nc1ccc(OC(F)F)c(F)c1)N1CCCC(c2nc3ccccc3[nH]2)C1. The number of likely N-dealkylation sites (tertiary alicyclic amines) is 1. The second-order valence-corrected chi connectivity index (χ2v) is 6.88. The number of piperidine rings is 1. The number of nitrogens with zero attached hydrogens (tertiary/aromatic N) is 2. The molecule has 152 valence electrons. The number of H-pyrrole nitrogens is 1. The van der Waals surface area contributed by atoms with Crippen molar-refractivity contribution >= 4 is 22.8 Å². The van der Waals surface area contributed by atoms with Crippen LogP contribution in [0.1, 0.15) is 24.6 Å². The number of halogens is 3. The number of rotatable bonds is 4. The Kier molecular flexibility index (Phi) is 5.28. The van der Waals surface area contributed by atoms with Crippen LogP contribution in [0.15, 0.2) is 42.5 Å². The molecular weight excluding hydrogens is 385 g/mol. The van der Waals surface area contributed by atoms with Gasteiger partial charge in [-0.15, -0.1) is 0 Å². The molecule has 0 aliphatic carbocycles. The van der Waals surface area contributed by atoms with Gasteiger partial charge in [-0.2, -0.15) is 8.78 Å². The minimum atomic E-state index is -3.12. The first kappa shape index (κ1) is 19.1. The number of benzene rings is 2. The number of alkyl halides is 2. The Hall–Kier alpha value is -3.23. The van der Waals surface area contributed by atoms with Crippen LogP contribution in [-0.4, -0.2) is 40.6 Å². The summed E-state index contributed by atoms with van der Waals surface area (Å²) in [7, 11) is 0. The van der Waals surface area contributed by atoms with Crippen molar-refractivity contribution in [1.29, 1.82) is 0 Å². The lowest BCUT2D eigenvalue weighted by molar-refractivity contribution is -0.0521. The molecule has 1 aliphatic rings. The zero-order valence-electron chi connectivity index (χ0n) is 15.4. The Morgan fingerprint density at radius 2 is 2.10 bits per heavy atom. The molecule has 4 rings (SSSR count). The third-order valence-electron chi connectivity index (χ3n) is 4.90. The van der Waals surface area contributed by atoms with Gasteiger partial charge < -0.3 is 19.9 Å². The van der Waals surface area contributed by atoms with E-state index in [4.69, 9.17) is 0 Å². The minimum absolute atomic E-state index is 0.0699. The summed E-state index contributed by atoms with van der Waals surface area (Å²) in [5.41, 5.74) is 2.00.